The number of fused-ring (bicyclic) bond motifs is 1. The largest absolute Gasteiger partial charge is 0.485 e. The van der Waals surface area contributed by atoms with E-state index in [0.717, 1.165) is 16.9 Å². The summed E-state index contributed by atoms with van der Waals surface area (Å²) in [5, 5.41) is 10.9. The van der Waals surface area contributed by atoms with Gasteiger partial charge in [-0.15, -0.1) is 0 Å². The number of aliphatic hydroxyl groups excluding tert-OH is 1. The normalized spacial score (nSPS) is 21.2. The van der Waals surface area contributed by atoms with Gasteiger partial charge < -0.3 is 9.84 Å². The lowest BCUT2D eigenvalue weighted by atomic mass is 9.93. The van der Waals surface area contributed by atoms with Crippen molar-refractivity contribution in [2.45, 2.75) is 32.5 Å². The minimum atomic E-state index is -0.538. The van der Waals surface area contributed by atoms with Crippen molar-refractivity contribution in [3.63, 3.8) is 0 Å². The van der Waals surface area contributed by atoms with Crippen molar-refractivity contribution < 1.29 is 9.84 Å². The van der Waals surface area contributed by atoms with Crippen molar-refractivity contribution >= 4 is 11.6 Å². The summed E-state index contributed by atoms with van der Waals surface area (Å²) >= 11 is 5.97. The third-order valence-electron chi connectivity index (χ3n) is 3.94. The Morgan fingerprint density at radius 2 is 1.90 bits per heavy atom. The first kappa shape index (κ1) is 13.5. The Labute approximate surface area is 124 Å². The van der Waals surface area contributed by atoms with Gasteiger partial charge in [-0.1, -0.05) is 29.8 Å². The number of hydrogen-bond acceptors (Lipinski definition) is 2. The molecule has 1 unspecified atom stereocenters. The predicted octanol–water partition coefficient (Wildman–Crippen LogP) is 4.51. The van der Waals surface area contributed by atoms with Gasteiger partial charge in [0.2, 0.25) is 0 Å². The fraction of sp³-hybridized carbons (Fsp3) is 0.294. The third kappa shape index (κ3) is 2.41. The van der Waals surface area contributed by atoms with Crippen molar-refractivity contribution in [2.24, 2.45) is 0 Å². The van der Waals surface area contributed by atoms with E-state index in [1.807, 2.05) is 6.07 Å². The molecule has 20 heavy (non-hydrogen) atoms. The summed E-state index contributed by atoms with van der Waals surface area (Å²) in [7, 11) is 0. The molecular weight excluding hydrogens is 272 g/mol. The van der Waals surface area contributed by atoms with Crippen LogP contribution in [0.3, 0.4) is 0 Å². The Kier molecular flexibility index (Phi) is 3.45. The minimum absolute atomic E-state index is 0.113. The number of aliphatic hydroxyl groups is 1. The molecule has 0 aliphatic carbocycles. The topological polar surface area (TPSA) is 29.5 Å². The van der Waals surface area contributed by atoms with Gasteiger partial charge in [0.1, 0.15) is 11.9 Å². The summed E-state index contributed by atoms with van der Waals surface area (Å²) in [6, 6.07) is 11.7. The lowest BCUT2D eigenvalue weighted by Gasteiger charge is -2.30. The van der Waals surface area contributed by atoms with Crippen LogP contribution in [0, 0.1) is 13.8 Å². The van der Waals surface area contributed by atoms with Gasteiger partial charge in [-0.25, -0.2) is 0 Å². The molecule has 2 atom stereocenters. The van der Waals surface area contributed by atoms with Gasteiger partial charge in [0.25, 0.3) is 0 Å². The molecule has 0 saturated carbocycles. The highest BCUT2D eigenvalue weighted by atomic mass is 35.5. The molecular formula is C17H17ClO2. The summed E-state index contributed by atoms with van der Waals surface area (Å²) in [6.07, 6.45) is -0.0995. The fourth-order valence-electron chi connectivity index (χ4n) is 2.59. The van der Waals surface area contributed by atoms with Crippen LogP contribution in [0.5, 0.6) is 5.75 Å². The van der Waals surface area contributed by atoms with Crippen LogP contribution in [-0.4, -0.2) is 5.11 Å². The monoisotopic (exact) mass is 288 g/mol. The number of halogens is 1. The summed E-state index contributed by atoms with van der Waals surface area (Å²) in [4.78, 5) is 0. The summed E-state index contributed by atoms with van der Waals surface area (Å²) in [6.45, 7) is 4.18. The van der Waals surface area contributed by atoms with E-state index in [9.17, 15) is 5.11 Å². The van der Waals surface area contributed by atoms with Crippen LogP contribution in [0.15, 0.2) is 36.4 Å². The highest BCUT2D eigenvalue weighted by Gasteiger charge is 2.28. The van der Waals surface area contributed by atoms with E-state index >= 15 is 0 Å². The number of benzene rings is 2. The van der Waals surface area contributed by atoms with Crippen LogP contribution in [0.4, 0.5) is 0 Å². The van der Waals surface area contributed by atoms with Gasteiger partial charge in [0, 0.05) is 17.0 Å². The molecule has 0 bridgehead atoms. The average Bonchev–Trinajstić information content (AvgIpc) is 2.42. The number of hydrogen-bond donors (Lipinski definition) is 1. The van der Waals surface area contributed by atoms with Gasteiger partial charge in [-0.3, -0.25) is 0 Å². The van der Waals surface area contributed by atoms with Crippen LogP contribution in [-0.2, 0) is 0 Å². The number of aryl methyl sites for hydroxylation is 2. The molecule has 0 spiro atoms. The molecule has 1 aliphatic heterocycles. The summed E-state index contributed by atoms with van der Waals surface area (Å²) in [5.74, 6) is 0.719. The van der Waals surface area contributed by atoms with E-state index < -0.39 is 6.10 Å². The van der Waals surface area contributed by atoms with Gasteiger partial charge in [0.05, 0.1) is 6.10 Å². The van der Waals surface area contributed by atoms with Gasteiger partial charge in [0.15, 0.2) is 0 Å². The van der Waals surface area contributed by atoms with E-state index in [4.69, 9.17) is 16.3 Å². The number of rotatable bonds is 1. The minimum Gasteiger partial charge on any atom is -0.485 e. The van der Waals surface area contributed by atoms with Gasteiger partial charge in [-0.2, -0.15) is 0 Å². The summed E-state index contributed by atoms with van der Waals surface area (Å²) < 4.78 is 6.02. The Bertz CT molecular complexity index is 651. The Morgan fingerprint density at radius 3 is 2.65 bits per heavy atom. The highest BCUT2D eigenvalue weighted by molar-refractivity contribution is 6.30. The van der Waals surface area contributed by atoms with Crippen molar-refractivity contribution in [1.29, 1.82) is 0 Å². The second-order valence-electron chi connectivity index (χ2n) is 5.38. The fourth-order valence-corrected chi connectivity index (χ4v) is 2.77. The second-order valence-corrected chi connectivity index (χ2v) is 5.82. The lowest BCUT2D eigenvalue weighted by molar-refractivity contribution is 0.0657. The average molecular weight is 289 g/mol. The van der Waals surface area contributed by atoms with Crippen LogP contribution in [0.25, 0.3) is 0 Å². The first-order chi connectivity index (χ1) is 9.54. The first-order valence-electron chi connectivity index (χ1n) is 6.76. The highest BCUT2D eigenvalue weighted by Crippen LogP contribution is 2.41. The molecule has 0 amide bonds. The maximum absolute atomic E-state index is 10.3. The van der Waals surface area contributed by atoms with Crippen molar-refractivity contribution in [3.8, 4) is 5.75 Å². The molecule has 0 radical (unpaired) electrons. The van der Waals surface area contributed by atoms with Crippen LogP contribution in [0.2, 0.25) is 5.02 Å². The second kappa shape index (κ2) is 5.12. The Hall–Kier alpha value is -1.51. The standard InChI is InChI=1S/C17H17ClO2/c1-10-3-4-12(7-11(10)2)17-9-15(19)14-8-13(18)5-6-16(14)20-17/h3-8,15,17,19H,9H2,1-2H3/t15-,17?/m0/s1. The first-order valence-corrected chi connectivity index (χ1v) is 7.13. The van der Waals surface area contributed by atoms with E-state index in [0.29, 0.717) is 11.4 Å². The van der Waals surface area contributed by atoms with E-state index in [2.05, 4.69) is 32.0 Å². The Balaban J connectivity index is 1.94. The molecule has 0 aromatic heterocycles. The van der Waals surface area contributed by atoms with E-state index in [-0.39, 0.29) is 6.10 Å². The zero-order valence-corrected chi connectivity index (χ0v) is 12.3. The number of ether oxygens (including phenoxy) is 1. The molecule has 104 valence electrons. The lowest BCUT2D eigenvalue weighted by Crippen LogP contribution is -2.19. The molecule has 3 heteroatoms. The zero-order valence-electron chi connectivity index (χ0n) is 11.6. The van der Waals surface area contributed by atoms with E-state index in [1.165, 1.54) is 11.1 Å². The molecule has 2 nitrogen and oxygen atoms in total. The predicted molar refractivity (Wildman–Crippen MR) is 80.3 cm³/mol. The summed E-state index contributed by atoms with van der Waals surface area (Å²) in [5.41, 5.74) is 4.38. The molecule has 0 fully saturated rings. The van der Waals surface area contributed by atoms with Crippen LogP contribution >= 0.6 is 11.6 Å². The van der Waals surface area contributed by atoms with Gasteiger partial charge in [-0.05, 0) is 48.7 Å². The molecule has 1 N–H and O–H groups in total. The SMILES string of the molecule is Cc1ccc(C2C[C@H](O)c3cc(Cl)ccc3O2)cc1C. The quantitative estimate of drug-likeness (QED) is 0.836. The van der Waals surface area contributed by atoms with Crippen molar-refractivity contribution in [2.75, 3.05) is 0 Å². The van der Waals surface area contributed by atoms with Crippen molar-refractivity contribution in [1.82, 2.24) is 0 Å². The van der Waals surface area contributed by atoms with Gasteiger partial charge >= 0.3 is 0 Å². The zero-order chi connectivity index (χ0) is 14.3. The third-order valence-corrected chi connectivity index (χ3v) is 4.18. The molecule has 1 heterocycles. The van der Waals surface area contributed by atoms with Crippen LogP contribution < -0.4 is 4.74 Å². The molecule has 1 aliphatic rings. The Morgan fingerprint density at radius 1 is 1.10 bits per heavy atom. The van der Waals surface area contributed by atoms with Crippen LogP contribution in [0.1, 0.15) is 40.9 Å². The molecule has 0 saturated heterocycles. The smallest absolute Gasteiger partial charge is 0.127 e. The van der Waals surface area contributed by atoms with Crippen molar-refractivity contribution in [3.05, 3.63) is 63.7 Å². The maximum atomic E-state index is 10.3. The molecule has 3 rings (SSSR count). The molecule has 2 aromatic rings. The molecule has 2 aromatic carbocycles. The van der Waals surface area contributed by atoms with E-state index in [1.54, 1.807) is 12.1 Å². The maximum Gasteiger partial charge on any atom is 0.127 e.